The number of nitrogens with zero attached hydrogens (tertiary/aromatic N) is 2. The molecule has 0 spiro atoms. The molecule has 10 heteroatoms. The molecule has 1 aromatic carbocycles. The maximum atomic E-state index is 13.9. The molecule has 0 fully saturated rings. The number of rotatable bonds is 6. The number of fused-ring (bicyclic) bond motifs is 1. The second-order valence-corrected chi connectivity index (χ2v) is 8.73. The van der Waals surface area contributed by atoms with E-state index in [1.165, 1.54) is 4.90 Å². The van der Waals surface area contributed by atoms with Crippen LogP contribution in [0.2, 0.25) is 0 Å². The molecule has 4 rings (SSSR count). The van der Waals surface area contributed by atoms with Crippen LogP contribution >= 0.6 is 0 Å². The molecule has 0 saturated heterocycles. The van der Waals surface area contributed by atoms with Crippen molar-refractivity contribution in [2.24, 2.45) is 0 Å². The van der Waals surface area contributed by atoms with Gasteiger partial charge in [0.1, 0.15) is 23.4 Å². The minimum atomic E-state index is -1.26. The van der Waals surface area contributed by atoms with Crippen molar-refractivity contribution in [2.45, 2.75) is 45.1 Å². The van der Waals surface area contributed by atoms with E-state index in [1.54, 1.807) is 6.92 Å². The first kappa shape index (κ1) is 25.1. The van der Waals surface area contributed by atoms with Crippen LogP contribution in [0.15, 0.2) is 65.1 Å². The fourth-order valence-corrected chi connectivity index (χ4v) is 4.38. The van der Waals surface area contributed by atoms with Crippen molar-refractivity contribution >= 4 is 11.8 Å². The van der Waals surface area contributed by atoms with Crippen molar-refractivity contribution in [1.82, 2.24) is 14.8 Å². The first-order chi connectivity index (χ1) is 17.2. The van der Waals surface area contributed by atoms with Gasteiger partial charge in [0.2, 0.25) is 5.43 Å². The third-order valence-corrected chi connectivity index (χ3v) is 6.18. The maximum Gasteiger partial charge on any atom is 0.276 e. The van der Waals surface area contributed by atoms with Gasteiger partial charge in [-0.2, -0.15) is 0 Å². The number of carbonyl (C=O) groups excluding carboxylic acids is 2. The lowest BCUT2D eigenvalue weighted by atomic mass is 10.0. The molecular weight excluding hydrogens is 472 g/mol. The molecule has 3 N–H and O–H groups in total. The normalized spacial score (nSPS) is 17.9. The number of allylic oxidation sites excluding steroid dienone is 5. The molecule has 0 bridgehead atoms. The Balaban J connectivity index is 1.56. The standard InChI is InChI=1S/C26H25F2N3O5/c1-15(10-16-6-4-2-3-5-7-16)31-21(32)14-30-13-19(23(33)24(34)22(30)26(31)36)25(35)29-12-17-8-9-18(27)11-20(17)28/h2-6,8-9,11,13,15,21,32,34H,7,10,12,14H2,1H3,(H,29,35)/t15-,21?/m1/s1. The van der Waals surface area contributed by atoms with Crippen molar-refractivity contribution < 1.29 is 28.6 Å². The second kappa shape index (κ2) is 10.3. The van der Waals surface area contributed by atoms with Gasteiger partial charge in [0, 0.05) is 30.4 Å². The highest BCUT2D eigenvalue weighted by Crippen LogP contribution is 2.27. The van der Waals surface area contributed by atoms with Crippen LogP contribution in [0.25, 0.3) is 0 Å². The zero-order valence-corrected chi connectivity index (χ0v) is 19.4. The number of aromatic nitrogens is 1. The fraction of sp³-hybridized carbons (Fsp3) is 0.269. The molecule has 2 amide bonds. The molecule has 2 aromatic rings. The molecule has 2 atom stereocenters. The summed E-state index contributed by atoms with van der Waals surface area (Å²) in [4.78, 5) is 39.8. The number of benzene rings is 1. The summed E-state index contributed by atoms with van der Waals surface area (Å²) >= 11 is 0. The maximum absolute atomic E-state index is 13.9. The molecule has 36 heavy (non-hydrogen) atoms. The molecule has 0 saturated carbocycles. The first-order valence-electron chi connectivity index (χ1n) is 11.4. The average molecular weight is 497 g/mol. The molecule has 1 aromatic heterocycles. The van der Waals surface area contributed by atoms with E-state index in [0.717, 1.165) is 28.5 Å². The highest BCUT2D eigenvalue weighted by atomic mass is 19.1. The zero-order chi connectivity index (χ0) is 26.0. The van der Waals surface area contributed by atoms with Crippen molar-refractivity contribution in [1.29, 1.82) is 0 Å². The van der Waals surface area contributed by atoms with E-state index in [1.807, 2.05) is 30.4 Å². The summed E-state index contributed by atoms with van der Waals surface area (Å²) in [6.07, 6.45) is 10.6. The molecule has 8 nitrogen and oxygen atoms in total. The Labute approximate surface area is 205 Å². The largest absolute Gasteiger partial charge is 0.503 e. The number of aliphatic hydroxyl groups is 1. The van der Waals surface area contributed by atoms with Crippen LogP contribution in [-0.2, 0) is 13.1 Å². The Kier molecular flexibility index (Phi) is 7.16. The molecule has 1 unspecified atom stereocenters. The van der Waals surface area contributed by atoms with Gasteiger partial charge in [-0.1, -0.05) is 42.0 Å². The van der Waals surface area contributed by atoms with E-state index in [0.29, 0.717) is 18.9 Å². The van der Waals surface area contributed by atoms with Crippen LogP contribution in [0.4, 0.5) is 8.78 Å². The number of carbonyl (C=O) groups is 2. The molecule has 2 heterocycles. The van der Waals surface area contributed by atoms with Gasteiger partial charge in [-0.15, -0.1) is 0 Å². The average Bonchev–Trinajstić information content (AvgIpc) is 3.09. The van der Waals surface area contributed by atoms with Crippen molar-refractivity contribution in [3.63, 3.8) is 0 Å². The van der Waals surface area contributed by atoms with E-state index in [2.05, 4.69) is 5.32 Å². The second-order valence-electron chi connectivity index (χ2n) is 8.73. The first-order valence-corrected chi connectivity index (χ1v) is 11.4. The lowest BCUT2D eigenvalue weighted by Gasteiger charge is -2.39. The Morgan fingerprint density at radius 2 is 2.00 bits per heavy atom. The Bertz CT molecular complexity index is 1360. The minimum Gasteiger partial charge on any atom is -0.503 e. The molecule has 0 radical (unpaired) electrons. The Hall–Kier alpha value is -4.05. The quantitative estimate of drug-likeness (QED) is 0.568. The molecule has 1 aliphatic carbocycles. The Morgan fingerprint density at radius 3 is 2.75 bits per heavy atom. The summed E-state index contributed by atoms with van der Waals surface area (Å²) in [5.74, 6) is -4.21. The molecule has 2 aliphatic rings. The summed E-state index contributed by atoms with van der Waals surface area (Å²) in [6, 6.07) is 2.42. The van der Waals surface area contributed by atoms with Crippen molar-refractivity contribution in [3.05, 3.63) is 99.0 Å². The number of hydrogen-bond acceptors (Lipinski definition) is 5. The van der Waals surface area contributed by atoms with Crippen LogP contribution in [0.3, 0.4) is 0 Å². The predicted octanol–water partition coefficient (Wildman–Crippen LogP) is 2.76. The number of aliphatic hydroxyl groups excluding tert-OH is 1. The van der Waals surface area contributed by atoms with Crippen LogP contribution in [0.5, 0.6) is 5.75 Å². The van der Waals surface area contributed by atoms with Crippen molar-refractivity contribution in [2.75, 3.05) is 0 Å². The van der Waals surface area contributed by atoms with Gasteiger partial charge in [0.15, 0.2) is 11.4 Å². The van der Waals surface area contributed by atoms with E-state index < -0.39 is 52.5 Å². The molecule has 188 valence electrons. The number of aromatic hydroxyl groups is 1. The summed E-state index contributed by atoms with van der Waals surface area (Å²) in [5, 5.41) is 23.7. The number of nitrogens with one attached hydrogen (secondary N) is 1. The van der Waals surface area contributed by atoms with E-state index in [9.17, 15) is 33.4 Å². The monoisotopic (exact) mass is 497 g/mol. The van der Waals surface area contributed by atoms with Crippen LogP contribution in [0.1, 0.15) is 46.2 Å². The lowest BCUT2D eigenvalue weighted by Crippen LogP contribution is -2.53. The van der Waals surface area contributed by atoms with Gasteiger partial charge in [-0.25, -0.2) is 8.78 Å². The Morgan fingerprint density at radius 1 is 1.22 bits per heavy atom. The fourth-order valence-electron chi connectivity index (χ4n) is 4.38. The van der Waals surface area contributed by atoms with Crippen LogP contribution in [0, 0.1) is 11.6 Å². The summed E-state index contributed by atoms with van der Waals surface area (Å²) in [7, 11) is 0. The van der Waals surface area contributed by atoms with E-state index in [4.69, 9.17) is 0 Å². The SMILES string of the molecule is C[C@H](CC1=CC=CC=CC1)N1C(=O)c2c(O)c(=O)c(C(=O)NCc3ccc(F)cc3F)cn2CC1O. The van der Waals surface area contributed by atoms with E-state index >= 15 is 0 Å². The lowest BCUT2D eigenvalue weighted by molar-refractivity contribution is -0.0285. The number of pyridine rings is 1. The van der Waals surface area contributed by atoms with Gasteiger partial charge in [-0.3, -0.25) is 14.4 Å². The molecule has 1 aliphatic heterocycles. The predicted molar refractivity (Wildman–Crippen MR) is 127 cm³/mol. The summed E-state index contributed by atoms with van der Waals surface area (Å²) < 4.78 is 28.1. The van der Waals surface area contributed by atoms with E-state index in [-0.39, 0.29) is 24.3 Å². The van der Waals surface area contributed by atoms with Gasteiger partial charge in [0.25, 0.3) is 11.8 Å². The number of hydrogen-bond donors (Lipinski definition) is 3. The van der Waals surface area contributed by atoms with Gasteiger partial charge in [0.05, 0.1) is 6.54 Å². The summed E-state index contributed by atoms with van der Waals surface area (Å²) in [5.41, 5.74) is -0.839. The third-order valence-electron chi connectivity index (χ3n) is 6.18. The topological polar surface area (TPSA) is 112 Å². The van der Waals surface area contributed by atoms with Gasteiger partial charge in [-0.05, 0) is 25.8 Å². The van der Waals surface area contributed by atoms with Crippen LogP contribution < -0.4 is 10.7 Å². The molecular formula is C26H25F2N3O5. The number of amides is 2. The van der Waals surface area contributed by atoms with Gasteiger partial charge >= 0.3 is 0 Å². The van der Waals surface area contributed by atoms with Crippen molar-refractivity contribution in [3.8, 4) is 5.75 Å². The highest BCUT2D eigenvalue weighted by Gasteiger charge is 2.38. The highest BCUT2D eigenvalue weighted by molar-refractivity contribution is 5.99. The van der Waals surface area contributed by atoms with Gasteiger partial charge < -0.3 is 25.0 Å². The van der Waals surface area contributed by atoms with Crippen LogP contribution in [-0.4, -0.2) is 43.8 Å². The minimum absolute atomic E-state index is 0.00275. The number of halogens is 2. The smallest absolute Gasteiger partial charge is 0.276 e. The third kappa shape index (κ3) is 4.99. The summed E-state index contributed by atoms with van der Waals surface area (Å²) in [6.45, 7) is 1.26. The zero-order valence-electron chi connectivity index (χ0n) is 19.4.